The second-order valence-corrected chi connectivity index (χ2v) is 7.63. The van der Waals surface area contributed by atoms with Gasteiger partial charge in [-0.1, -0.05) is 24.3 Å². The van der Waals surface area contributed by atoms with Gasteiger partial charge in [-0.2, -0.15) is 0 Å². The summed E-state index contributed by atoms with van der Waals surface area (Å²) in [7, 11) is -2.10. The van der Waals surface area contributed by atoms with E-state index in [0.717, 1.165) is 11.1 Å². The highest BCUT2D eigenvalue weighted by atomic mass is 32.2. The fourth-order valence-corrected chi connectivity index (χ4v) is 3.07. The van der Waals surface area contributed by atoms with E-state index in [1.54, 1.807) is 36.4 Å². The fourth-order valence-electron chi connectivity index (χ4n) is 2.34. The van der Waals surface area contributed by atoms with E-state index in [-0.39, 0.29) is 23.6 Å². The van der Waals surface area contributed by atoms with Gasteiger partial charge in [-0.05, 0) is 48.9 Å². The number of rotatable bonds is 8. The number of sulfonamides is 1. The molecule has 0 aliphatic rings. The topological polar surface area (TPSA) is 118 Å². The van der Waals surface area contributed by atoms with Gasteiger partial charge in [0.1, 0.15) is 0 Å². The van der Waals surface area contributed by atoms with Crippen LogP contribution in [0.25, 0.3) is 0 Å². The normalized spacial score (nSPS) is 11.1. The summed E-state index contributed by atoms with van der Waals surface area (Å²) in [4.78, 5) is 23.1. The summed E-state index contributed by atoms with van der Waals surface area (Å²) in [6.07, 6.45) is 0.917. The molecule has 0 unspecified atom stereocenters. The molecule has 0 fully saturated rings. The summed E-state index contributed by atoms with van der Waals surface area (Å²) >= 11 is 0. The highest BCUT2D eigenvalue weighted by Crippen LogP contribution is 2.13. The van der Waals surface area contributed by atoms with Gasteiger partial charge in [-0.25, -0.2) is 13.1 Å². The van der Waals surface area contributed by atoms with Crippen LogP contribution in [0, 0.1) is 0 Å². The summed E-state index contributed by atoms with van der Waals surface area (Å²) in [5.74, 6) is -0.560. The van der Waals surface area contributed by atoms with Crippen LogP contribution < -0.4 is 15.8 Å². The number of anilines is 1. The third kappa shape index (κ3) is 5.68. The number of primary amides is 1. The van der Waals surface area contributed by atoms with Crippen LogP contribution in [0.5, 0.6) is 0 Å². The van der Waals surface area contributed by atoms with Crippen LogP contribution in [0.2, 0.25) is 0 Å². The Bertz CT molecular complexity index is 876. The molecule has 0 aromatic heterocycles. The van der Waals surface area contributed by atoms with Crippen molar-refractivity contribution in [3.63, 3.8) is 0 Å². The highest BCUT2D eigenvalue weighted by molar-refractivity contribution is 7.89. The molecule has 2 rings (SSSR count). The molecule has 4 N–H and O–H groups in total. The molecule has 0 radical (unpaired) electrons. The SMILES string of the molecule is CNS(=O)(=O)c1ccc(CCC(=O)Nc2ccc(CC(N)=O)cc2)cc1. The lowest BCUT2D eigenvalue weighted by Crippen LogP contribution is -2.18. The largest absolute Gasteiger partial charge is 0.369 e. The first-order chi connectivity index (χ1) is 12.3. The molecule has 0 saturated heterocycles. The van der Waals surface area contributed by atoms with Gasteiger partial charge in [0.05, 0.1) is 11.3 Å². The quantitative estimate of drug-likeness (QED) is 0.642. The van der Waals surface area contributed by atoms with Crippen molar-refractivity contribution >= 4 is 27.5 Å². The molecule has 0 aliphatic heterocycles. The second kappa shape index (κ2) is 8.59. The number of nitrogens with two attached hydrogens (primary N) is 1. The molecule has 2 amide bonds. The zero-order valence-corrected chi connectivity index (χ0v) is 15.2. The van der Waals surface area contributed by atoms with Gasteiger partial charge >= 0.3 is 0 Å². The Balaban J connectivity index is 1.87. The standard InChI is InChI=1S/C18H21N3O4S/c1-20-26(24,25)16-9-4-13(5-10-16)6-11-18(23)21-15-7-2-14(3-8-15)12-17(19)22/h2-5,7-10,20H,6,11-12H2,1H3,(H2,19,22)(H,21,23). The summed E-state index contributed by atoms with van der Waals surface area (Å²) in [6, 6.07) is 13.3. The number of benzene rings is 2. The Morgan fingerprint density at radius 1 is 0.962 bits per heavy atom. The Labute approximate surface area is 152 Å². The van der Waals surface area contributed by atoms with Gasteiger partial charge in [0, 0.05) is 12.1 Å². The molecule has 0 bridgehead atoms. The van der Waals surface area contributed by atoms with Crippen molar-refractivity contribution in [3.05, 3.63) is 59.7 Å². The van der Waals surface area contributed by atoms with Crippen molar-refractivity contribution in [1.29, 1.82) is 0 Å². The van der Waals surface area contributed by atoms with Gasteiger partial charge in [0.2, 0.25) is 21.8 Å². The predicted octanol–water partition coefficient (Wildman–Crippen LogP) is 1.19. The van der Waals surface area contributed by atoms with Crippen molar-refractivity contribution in [2.24, 2.45) is 5.73 Å². The number of nitrogens with one attached hydrogen (secondary N) is 2. The van der Waals surface area contributed by atoms with Gasteiger partial charge in [-0.15, -0.1) is 0 Å². The third-order valence-corrected chi connectivity index (χ3v) is 5.19. The summed E-state index contributed by atoms with van der Waals surface area (Å²) in [5.41, 5.74) is 7.42. The summed E-state index contributed by atoms with van der Waals surface area (Å²) in [6.45, 7) is 0. The van der Waals surface area contributed by atoms with E-state index in [0.29, 0.717) is 12.1 Å². The molecule has 7 nitrogen and oxygen atoms in total. The predicted molar refractivity (Wildman–Crippen MR) is 99.0 cm³/mol. The molecule has 0 aliphatic carbocycles. The van der Waals surface area contributed by atoms with Crippen molar-refractivity contribution in [2.45, 2.75) is 24.2 Å². The minimum Gasteiger partial charge on any atom is -0.369 e. The zero-order valence-electron chi connectivity index (χ0n) is 14.4. The maximum absolute atomic E-state index is 12.0. The van der Waals surface area contributed by atoms with Crippen LogP contribution in [-0.2, 0) is 32.5 Å². The van der Waals surface area contributed by atoms with Crippen molar-refractivity contribution in [1.82, 2.24) is 4.72 Å². The van der Waals surface area contributed by atoms with E-state index in [1.807, 2.05) is 0 Å². The molecule has 0 saturated carbocycles. The van der Waals surface area contributed by atoms with Crippen molar-refractivity contribution in [3.8, 4) is 0 Å². The monoisotopic (exact) mass is 375 g/mol. The Kier molecular flexibility index (Phi) is 6.48. The maximum Gasteiger partial charge on any atom is 0.240 e. The van der Waals surface area contributed by atoms with Crippen LogP contribution in [0.4, 0.5) is 5.69 Å². The van der Waals surface area contributed by atoms with E-state index in [1.165, 1.54) is 19.2 Å². The Hall–Kier alpha value is -2.71. The first-order valence-electron chi connectivity index (χ1n) is 8.00. The molecule has 2 aromatic rings. The molecule has 138 valence electrons. The van der Waals surface area contributed by atoms with E-state index >= 15 is 0 Å². The second-order valence-electron chi connectivity index (χ2n) is 5.74. The lowest BCUT2D eigenvalue weighted by molar-refractivity contribution is -0.117. The van der Waals surface area contributed by atoms with Crippen molar-refractivity contribution in [2.75, 3.05) is 12.4 Å². The Morgan fingerprint density at radius 2 is 1.54 bits per heavy atom. The van der Waals surface area contributed by atoms with Crippen LogP contribution in [0.15, 0.2) is 53.4 Å². The number of amides is 2. The first kappa shape index (κ1) is 19.6. The molecular weight excluding hydrogens is 354 g/mol. The van der Waals surface area contributed by atoms with E-state index in [4.69, 9.17) is 5.73 Å². The van der Waals surface area contributed by atoms with E-state index in [9.17, 15) is 18.0 Å². The minimum atomic E-state index is -3.46. The number of aryl methyl sites for hydroxylation is 1. The van der Waals surface area contributed by atoms with Crippen LogP contribution in [0.1, 0.15) is 17.5 Å². The molecule has 0 atom stereocenters. The lowest BCUT2D eigenvalue weighted by atomic mass is 10.1. The van der Waals surface area contributed by atoms with Crippen LogP contribution in [-0.4, -0.2) is 27.3 Å². The Morgan fingerprint density at radius 3 is 2.08 bits per heavy atom. The minimum absolute atomic E-state index is 0.153. The molecule has 0 heterocycles. The molecule has 2 aromatic carbocycles. The van der Waals surface area contributed by atoms with Gasteiger partial charge < -0.3 is 11.1 Å². The zero-order chi connectivity index (χ0) is 19.2. The number of hydrogen-bond donors (Lipinski definition) is 3. The first-order valence-corrected chi connectivity index (χ1v) is 9.48. The van der Waals surface area contributed by atoms with Gasteiger partial charge in [0.15, 0.2) is 0 Å². The van der Waals surface area contributed by atoms with Gasteiger partial charge in [-0.3, -0.25) is 9.59 Å². The average Bonchev–Trinajstić information content (AvgIpc) is 2.61. The smallest absolute Gasteiger partial charge is 0.240 e. The van der Waals surface area contributed by atoms with Gasteiger partial charge in [0.25, 0.3) is 0 Å². The number of carbonyl (C=O) groups excluding carboxylic acids is 2. The van der Waals surface area contributed by atoms with Crippen LogP contribution >= 0.6 is 0 Å². The molecule has 0 spiro atoms. The van der Waals surface area contributed by atoms with E-state index < -0.39 is 15.9 Å². The van der Waals surface area contributed by atoms with Crippen molar-refractivity contribution < 1.29 is 18.0 Å². The molecule has 26 heavy (non-hydrogen) atoms. The molecule has 8 heteroatoms. The summed E-state index contributed by atoms with van der Waals surface area (Å²) in [5, 5.41) is 2.78. The average molecular weight is 375 g/mol. The maximum atomic E-state index is 12.0. The molecular formula is C18H21N3O4S. The van der Waals surface area contributed by atoms with Crippen LogP contribution in [0.3, 0.4) is 0 Å². The van der Waals surface area contributed by atoms with E-state index in [2.05, 4.69) is 10.0 Å². The third-order valence-electron chi connectivity index (χ3n) is 3.76. The summed E-state index contributed by atoms with van der Waals surface area (Å²) < 4.78 is 25.6. The lowest BCUT2D eigenvalue weighted by Gasteiger charge is -2.07. The number of hydrogen-bond acceptors (Lipinski definition) is 4. The fraction of sp³-hybridized carbons (Fsp3) is 0.222. The number of carbonyl (C=O) groups is 2. The highest BCUT2D eigenvalue weighted by Gasteiger charge is 2.11.